The molecule has 0 saturated carbocycles. The lowest BCUT2D eigenvalue weighted by Crippen LogP contribution is -2.12. The summed E-state index contributed by atoms with van der Waals surface area (Å²) in [7, 11) is 0. The van der Waals surface area contributed by atoms with Crippen LogP contribution in [0.2, 0.25) is 0 Å². The zero-order valence-electron chi connectivity index (χ0n) is 11.4. The van der Waals surface area contributed by atoms with Gasteiger partial charge >= 0.3 is 0 Å². The molecular formula is C14H23N3OS. The van der Waals surface area contributed by atoms with E-state index in [2.05, 4.69) is 11.6 Å². The molecule has 106 valence electrons. The number of nitrogens with one attached hydrogen (secondary N) is 1. The maximum Gasteiger partial charge on any atom is 0.248 e. The van der Waals surface area contributed by atoms with Crippen molar-refractivity contribution in [2.75, 3.05) is 29.6 Å². The Morgan fingerprint density at radius 1 is 1.26 bits per heavy atom. The Balaban J connectivity index is 2.28. The molecule has 1 aromatic carbocycles. The summed E-state index contributed by atoms with van der Waals surface area (Å²) in [6, 6.07) is 5.12. The van der Waals surface area contributed by atoms with Crippen molar-refractivity contribution in [3.63, 3.8) is 0 Å². The van der Waals surface area contributed by atoms with Gasteiger partial charge in [0.15, 0.2) is 0 Å². The van der Waals surface area contributed by atoms with Crippen molar-refractivity contribution in [1.82, 2.24) is 0 Å². The average molecular weight is 281 g/mol. The van der Waals surface area contributed by atoms with Crippen LogP contribution in [0.5, 0.6) is 0 Å². The molecule has 1 amide bonds. The van der Waals surface area contributed by atoms with Crippen molar-refractivity contribution in [1.29, 1.82) is 0 Å². The Labute approximate surface area is 119 Å². The number of nitrogens with two attached hydrogens (primary N) is 2. The van der Waals surface area contributed by atoms with Crippen molar-refractivity contribution in [3.8, 4) is 0 Å². The molecule has 0 fully saturated rings. The third-order valence-electron chi connectivity index (χ3n) is 2.93. The van der Waals surface area contributed by atoms with Crippen LogP contribution in [0.15, 0.2) is 18.2 Å². The van der Waals surface area contributed by atoms with Crippen LogP contribution in [0.1, 0.15) is 36.0 Å². The predicted octanol–water partition coefficient (Wildman–Crippen LogP) is 2.70. The molecule has 0 heterocycles. The van der Waals surface area contributed by atoms with E-state index in [1.54, 1.807) is 12.1 Å². The molecule has 0 spiro atoms. The molecule has 5 N–H and O–H groups in total. The van der Waals surface area contributed by atoms with Crippen LogP contribution < -0.4 is 16.8 Å². The molecule has 0 aliphatic heterocycles. The van der Waals surface area contributed by atoms with Gasteiger partial charge in [0, 0.05) is 12.1 Å². The summed E-state index contributed by atoms with van der Waals surface area (Å²) in [4.78, 5) is 11.0. The molecule has 1 aromatic rings. The van der Waals surface area contributed by atoms with Crippen LogP contribution in [0.3, 0.4) is 0 Å². The van der Waals surface area contributed by atoms with Gasteiger partial charge in [-0.05, 0) is 43.0 Å². The van der Waals surface area contributed by atoms with Crippen molar-refractivity contribution in [2.45, 2.75) is 25.7 Å². The highest BCUT2D eigenvalue weighted by molar-refractivity contribution is 7.98. The molecule has 0 bridgehead atoms. The Bertz CT molecular complexity index is 410. The smallest absolute Gasteiger partial charge is 0.248 e. The number of hydrogen-bond acceptors (Lipinski definition) is 4. The van der Waals surface area contributed by atoms with E-state index >= 15 is 0 Å². The van der Waals surface area contributed by atoms with Gasteiger partial charge in [0.1, 0.15) is 0 Å². The molecule has 0 saturated heterocycles. The fourth-order valence-corrected chi connectivity index (χ4v) is 2.32. The Morgan fingerprint density at radius 3 is 2.63 bits per heavy atom. The highest BCUT2D eigenvalue weighted by atomic mass is 32.2. The number of nitrogen functional groups attached to an aromatic ring is 1. The maximum atomic E-state index is 11.0. The van der Waals surface area contributed by atoms with E-state index in [-0.39, 0.29) is 0 Å². The Hall–Kier alpha value is -1.36. The third-order valence-corrected chi connectivity index (χ3v) is 3.62. The summed E-state index contributed by atoms with van der Waals surface area (Å²) in [6.07, 6.45) is 7.06. The van der Waals surface area contributed by atoms with Gasteiger partial charge in [0.25, 0.3) is 0 Å². The minimum Gasteiger partial charge on any atom is -0.397 e. The zero-order chi connectivity index (χ0) is 14.1. The second kappa shape index (κ2) is 8.69. The lowest BCUT2D eigenvalue weighted by atomic mass is 10.1. The highest BCUT2D eigenvalue weighted by Crippen LogP contribution is 2.19. The number of rotatable bonds is 9. The topological polar surface area (TPSA) is 81.1 Å². The molecule has 0 unspecified atom stereocenters. The van der Waals surface area contributed by atoms with Crippen molar-refractivity contribution in [2.24, 2.45) is 5.73 Å². The predicted molar refractivity (Wildman–Crippen MR) is 84.7 cm³/mol. The van der Waals surface area contributed by atoms with E-state index < -0.39 is 5.91 Å². The molecule has 0 atom stereocenters. The van der Waals surface area contributed by atoms with Crippen molar-refractivity contribution in [3.05, 3.63) is 23.8 Å². The Kier molecular flexibility index (Phi) is 7.18. The fourth-order valence-electron chi connectivity index (χ4n) is 1.82. The van der Waals surface area contributed by atoms with E-state index in [1.165, 1.54) is 25.0 Å². The van der Waals surface area contributed by atoms with Crippen LogP contribution in [0, 0.1) is 0 Å². The van der Waals surface area contributed by atoms with Gasteiger partial charge in [0.2, 0.25) is 5.91 Å². The summed E-state index contributed by atoms with van der Waals surface area (Å²) in [5.41, 5.74) is 12.9. The van der Waals surface area contributed by atoms with Gasteiger partial charge in [-0.2, -0.15) is 11.8 Å². The van der Waals surface area contributed by atoms with Crippen LogP contribution in [-0.4, -0.2) is 24.5 Å². The van der Waals surface area contributed by atoms with E-state index in [4.69, 9.17) is 11.5 Å². The van der Waals surface area contributed by atoms with E-state index in [0.717, 1.165) is 18.7 Å². The first kappa shape index (κ1) is 15.7. The number of carbonyl (C=O) groups is 1. The van der Waals surface area contributed by atoms with Crippen molar-refractivity contribution < 1.29 is 4.79 Å². The number of thioether (sulfide) groups is 1. The first-order valence-corrected chi connectivity index (χ1v) is 7.96. The van der Waals surface area contributed by atoms with Crippen LogP contribution in [-0.2, 0) is 0 Å². The minimum atomic E-state index is -0.452. The summed E-state index contributed by atoms with van der Waals surface area (Å²) >= 11 is 1.90. The average Bonchev–Trinajstić information content (AvgIpc) is 2.39. The normalized spacial score (nSPS) is 10.4. The Morgan fingerprint density at radius 2 is 2.00 bits per heavy atom. The lowest BCUT2D eigenvalue weighted by molar-refractivity contribution is 0.100. The number of anilines is 2. The number of unbranched alkanes of at least 4 members (excludes halogenated alkanes) is 3. The van der Waals surface area contributed by atoms with Crippen LogP contribution in [0.4, 0.5) is 11.4 Å². The largest absolute Gasteiger partial charge is 0.397 e. The molecule has 5 heteroatoms. The van der Waals surface area contributed by atoms with Gasteiger partial charge in [-0.3, -0.25) is 4.79 Å². The molecule has 19 heavy (non-hydrogen) atoms. The van der Waals surface area contributed by atoms with Gasteiger partial charge in [-0.25, -0.2) is 0 Å². The molecule has 0 aromatic heterocycles. The SMILES string of the molecule is CSCCCCCCNc1ccc(C(N)=O)cc1N. The van der Waals surface area contributed by atoms with Crippen molar-refractivity contribution >= 4 is 29.0 Å². The number of amides is 1. The van der Waals surface area contributed by atoms with E-state index in [0.29, 0.717) is 11.3 Å². The van der Waals surface area contributed by atoms with E-state index in [9.17, 15) is 4.79 Å². The van der Waals surface area contributed by atoms with Crippen LogP contribution in [0.25, 0.3) is 0 Å². The van der Waals surface area contributed by atoms with Gasteiger partial charge in [-0.1, -0.05) is 12.8 Å². The second-order valence-electron chi connectivity index (χ2n) is 4.50. The fraction of sp³-hybridized carbons (Fsp3) is 0.500. The molecular weight excluding hydrogens is 258 g/mol. The molecule has 4 nitrogen and oxygen atoms in total. The maximum absolute atomic E-state index is 11.0. The number of primary amides is 1. The number of benzene rings is 1. The van der Waals surface area contributed by atoms with Gasteiger partial charge in [-0.15, -0.1) is 0 Å². The first-order valence-electron chi connectivity index (χ1n) is 6.57. The zero-order valence-corrected chi connectivity index (χ0v) is 12.3. The van der Waals surface area contributed by atoms with Crippen LogP contribution >= 0.6 is 11.8 Å². The standard InChI is InChI=1S/C14H23N3OS/c1-19-9-5-3-2-4-8-17-13-7-6-11(14(16)18)10-12(13)15/h6-7,10,17H,2-5,8-9,15H2,1H3,(H2,16,18). The monoisotopic (exact) mass is 281 g/mol. The third kappa shape index (κ3) is 5.87. The molecule has 0 aliphatic carbocycles. The summed E-state index contributed by atoms with van der Waals surface area (Å²) in [6.45, 7) is 0.902. The summed E-state index contributed by atoms with van der Waals surface area (Å²) in [5.74, 6) is 0.793. The molecule has 0 radical (unpaired) electrons. The first-order chi connectivity index (χ1) is 9.15. The van der Waals surface area contributed by atoms with Gasteiger partial charge in [0.05, 0.1) is 11.4 Å². The van der Waals surface area contributed by atoms with E-state index in [1.807, 2.05) is 17.8 Å². The lowest BCUT2D eigenvalue weighted by Gasteiger charge is -2.10. The number of hydrogen-bond donors (Lipinski definition) is 3. The van der Waals surface area contributed by atoms with Gasteiger partial charge < -0.3 is 16.8 Å². The molecule has 1 rings (SSSR count). The number of carbonyl (C=O) groups excluding carboxylic acids is 1. The summed E-state index contributed by atoms with van der Waals surface area (Å²) in [5, 5.41) is 3.29. The quantitative estimate of drug-likeness (QED) is 0.480. The highest BCUT2D eigenvalue weighted by Gasteiger charge is 2.04. The molecule has 0 aliphatic rings. The second-order valence-corrected chi connectivity index (χ2v) is 5.49. The summed E-state index contributed by atoms with van der Waals surface area (Å²) < 4.78 is 0. The minimum absolute atomic E-state index is 0.445.